The van der Waals surface area contributed by atoms with Crippen LogP contribution in [0.4, 0.5) is 5.95 Å². The van der Waals surface area contributed by atoms with Crippen molar-refractivity contribution in [2.24, 2.45) is 0 Å². The molecule has 8 heteroatoms. The Labute approximate surface area is 152 Å². The van der Waals surface area contributed by atoms with E-state index < -0.39 is 0 Å². The third kappa shape index (κ3) is 3.70. The molecule has 2 aromatic rings. The molecule has 3 rings (SSSR count). The molecule has 140 valence electrons. The summed E-state index contributed by atoms with van der Waals surface area (Å²) in [7, 11) is 0. The molecular weight excluding hydrogens is 332 g/mol. The van der Waals surface area contributed by atoms with Crippen molar-refractivity contribution >= 4 is 22.9 Å². The van der Waals surface area contributed by atoms with Crippen molar-refractivity contribution in [3.05, 3.63) is 28.2 Å². The van der Waals surface area contributed by atoms with Gasteiger partial charge in [-0.3, -0.25) is 9.59 Å². The van der Waals surface area contributed by atoms with Crippen LogP contribution < -0.4 is 21.0 Å². The number of nitrogens with one attached hydrogen (secondary N) is 2. The van der Waals surface area contributed by atoms with Crippen LogP contribution in [-0.2, 0) is 6.54 Å². The van der Waals surface area contributed by atoms with Crippen LogP contribution in [0.1, 0.15) is 37.0 Å². The van der Waals surface area contributed by atoms with Gasteiger partial charge in [-0.05, 0) is 13.3 Å². The van der Waals surface area contributed by atoms with E-state index in [4.69, 9.17) is 0 Å². The smallest absolute Gasteiger partial charge is 0.256 e. The molecule has 1 fully saturated rings. The number of anilines is 1. The van der Waals surface area contributed by atoms with Crippen LogP contribution in [0.2, 0.25) is 0 Å². The second kappa shape index (κ2) is 8.27. The molecular formula is C18H26N6O2. The number of fused-ring (bicyclic) bond motifs is 1. The number of nitrogens with zero attached hydrogens (tertiary/aromatic N) is 4. The van der Waals surface area contributed by atoms with E-state index in [9.17, 15) is 9.59 Å². The van der Waals surface area contributed by atoms with E-state index >= 15 is 0 Å². The molecule has 26 heavy (non-hydrogen) atoms. The van der Waals surface area contributed by atoms with Gasteiger partial charge in [-0.2, -0.15) is 4.98 Å². The van der Waals surface area contributed by atoms with Crippen molar-refractivity contribution in [3.63, 3.8) is 0 Å². The molecule has 0 aliphatic carbocycles. The molecule has 0 spiro atoms. The maximum atomic E-state index is 12.8. The molecule has 0 unspecified atom stereocenters. The van der Waals surface area contributed by atoms with Gasteiger partial charge in [0.15, 0.2) is 0 Å². The topological polar surface area (TPSA) is 92.2 Å². The molecule has 8 nitrogen and oxygen atoms in total. The minimum atomic E-state index is -0.335. The Morgan fingerprint density at radius 3 is 2.77 bits per heavy atom. The molecule has 2 aromatic heterocycles. The van der Waals surface area contributed by atoms with Gasteiger partial charge in [-0.15, -0.1) is 0 Å². The van der Waals surface area contributed by atoms with E-state index in [0.29, 0.717) is 30.1 Å². The first kappa shape index (κ1) is 18.3. The van der Waals surface area contributed by atoms with Gasteiger partial charge < -0.3 is 20.1 Å². The number of hydrogen-bond acceptors (Lipinski definition) is 6. The van der Waals surface area contributed by atoms with Crippen molar-refractivity contribution in [2.75, 3.05) is 37.6 Å². The van der Waals surface area contributed by atoms with E-state index in [2.05, 4.69) is 32.4 Å². The quantitative estimate of drug-likeness (QED) is 0.741. The van der Waals surface area contributed by atoms with Gasteiger partial charge in [-0.25, -0.2) is 4.98 Å². The van der Waals surface area contributed by atoms with Gasteiger partial charge >= 0.3 is 0 Å². The zero-order valence-corrected chi connectivity index (χ0v) is 15.4. The lowest BCUT2D eigenvalue weighted by Crippen LogP contribution is -2.44. The van der Waals surface area contributed by atoms with E-state index in [0.717, 1.165) is 39.0 Å². The Bertz CT molecular complexity index is 841. The molecule has 0 saturated carbocycles. The van der Waals surface area contributed by atoms with Crippen LogP contribution in [0.15, 0.2) is 17.2 Å². The van der Waals surface area contributed by atoms with Gasteiger partial charge in [0.1, 0.15) is 11.2 Å². The zero-order valence-electron chi connectivity index (χ0n) is 15.4. The fourth-order valence-electron chi connectivity index (χ4n) is 3.06. The predicted octanol–water partition coefficient (Wildman–Crippen LogP) is 0.751. The number of amides is 1. The zero-order chi connectivity index (χ0) is 18.5. The standard InChI is InChI=1S/C18H26N6O2/c1-3-5-6-20-17(26)14-12-23(4-2)16-13(15(14)25)11-21-18(22-16)24-9-7-19-8-10-24/h11-12,19H,3-10H2,1-2H3,(H,20,26). The number of aromatic nitrogens is 3. The largest absolute Gasteiger partial charge is 0.352 e. The average Bonchev–Trinajstić information content (AvgIpc) is 2.69. The lowest BCUT2D eigenvalue weighted by molar-refractivity contribution is 0.0951. The number of rotatable bonds is 6. The Hall–Kier alpha value is -2.48. The number of hydrogen-bond donors (Lipinski definition) is 2. The van der Waals surface area contributed by atoms with Gasteiger partial charge in [0.05, 0.1) is 5.39 Å². The molecule has 0 radical (unpaired) electrons. The van der Waals surface area contributed by atoms with E-state index in [1.807, 2.05) is 11.5 Å². The average molecular weight is 358 g/mol. The number of carbonyl (C=O) groups excluding carboxylic acids is 1. The van der Waals surface area contributed by atoms with Crippen LogP contribution in [-0.4, -0.2) is 53.2 Å². The van der Waals surface area contributed by atoms with Gasteiger partial charge in [0.25, 0.3) is 5.91 Å². The summed E-state index contributed by atoms with van der Waals surface area (Å²) in [6, 6.07) is 0. The summed E-state index contributed by atoms with van der Waals surface area (Å²) in [5.74, 6) is 0.291. The highest BCUT2D eigenvalue weighted by Gasteiger charge is 2.19. The first-order chi connectivity index (χ1) is 12.7. The number of unbranched alkanes of at least 4 members (excludes halogenated alkanes) is 1. The molecule has 1 aliphatic heterocycles. The highest BCUT2D eigenvalue weighted by molar-refractivity contribution is 5.96. The molecule has 3 heterocycles. The number of pyridine rings is 1. The van der Waals surface area contributed by atoms with E-state index in [1.54, 1.807) is 12.4 Å². The lowest BCUT2D eigenvalue weighted by atomic mass is 10.2. The SMILES string of the molecule is CCCCNC(=O)c1cn(CC)c2nc(N3CCNCC3)ncc2c1=O. The van der Waals surface area contributed by atoms with Crippen LogP contribution in [0.3, 0.4) is 0 Å². The van der Waals surface area contributed by atoms with Gasteiger partial charge in [0, 0.05) is 51.7 Å². The Morgan fingerprint density at radius 1 is 1.31 bits per heavy atom. The molecule has 1 saturated heterocycles. The maximum Gasteiger partial charge on any atom is 0.256 e. The number of piperazine rings is 1. The van der Waals surface area contributed by atoms with Crippen molar-refractivity contribution in [3.8, 4) is 0 Å². The predicted molar refractivity (Wildman–Crippen MR) is 102 cm³/mol. The third-order valence-electron chi connectivity index (χ3n) is 4.60. The molecule has 2 N–H and O–H groups in total. The third-order valence-corrected chi connectivity index (χ3v) is 4.60. The second-order valence-electron chi connectivity index (χ2n) is 6.41. The summed E-state index contributed by atoms with van der Waals surface area (Å²) in [4.78, 5) is 36.3. The molecule has 1 amide bonds. The van der Waals surface area contributed by atoms with Gasteiger partial charge in [-0.1, -0.05) is 13.3 Å². The first-order valence-corrected chi connectivity index (χ1v) is 9.29. The maximum absolute atomic E-state index is 12.8. The van der Waals surface area contributed by atoms with Crippen LogP contribution in [0.25, 0.3) is 11.0 Å². The van der Waals surface area contributed by atoms with Crippen molar-refractivity contribution in [1.82, 2.24) is 25.2 Å². The minimum absolute atomic E-state index is 0.147. The Morgan fingerprint density at radius 2 is 2.08 bits per heavy atom. The summed E-state index contributed by atoms with van der Waals surface area (Å²) < 4.78 is 1.85. The lowest BCUT2D eigenvalue weighted by Gasteiger charge is -2.27. The fraction of sp³-hybridized carbons (Fsp3) is 0.556. The monoisotopic (exact) mass is 358 g/mol. The summed E-state index contributed by atoms with van der Waals surface area (Å²) in [5.41, 5.74) is 0.408. The van der Waals surface area contributed by atoms with Crippen molar-refractivity contribution in [1.29, 1.82) is 0 Å². The van der Waals surface area contributed by atoms with Crippen molar-refractivity contribution in [2.45, 2.75) is 33.2 Å². The number of carbonyl (C=O) groups is 1. The van der Waals surface area contributed by atoms with Crippen LogP contribution in [0.5, 0.6) is 0 Å². The second-order valence-corrected chi connectivity index (χ2v) is 6.41. The van der Waals surface area contributed by atoms with E-state index in [1.165, 1.54) is 0 Å². The molecule has 0 atom stereocenters. The number of aryl methyl sites for hydroxylation is 1. The van der Waals surface area contributed by atoms with Crippen molar-refractivity contribution < 1.29 is 4.79 Å². The summed E-state index contributed by atoms with van der Waals surface area (Å²) in [6.45, 7) is 8.65. The Balaban J connectivity index is 1.99. The summed E-state index contributed by atoms with van der Waals surface area (Å²) >= 11 is 0. The highest BCUT2D eigenvalue weighted by atomic mass is 16.2. The minimum Gasteiger partial charge on any atom is -0.352 e. The fourth-order valence-corrected chi connectivity index (χ4v) is 3.06. The molecule has 1 aliphatic rings. The van der Waals surface area contributed by atoms with Gasteiger partial charge in [0.2, 0.25) is 11.4 Å². The van der Waals surface area contributed by atoms with Crippen LogP contribution in [0, 0.1) is 0 Å². The van der Waals surface area contributed by atoms with Crippen LogP contribution >= 0.6 is 0 Å². The summed E-state index contributed by atoms with van der Waals surface area (Å²) in [5, 5.41) is 6.49. The highest BCUT2D eigenvalue weighted by Crippen LogP contribution is 2.14. The summed E-state index contributed by atoms with van der Waals surface area (Å²) in [6.07, 6.45) is 5.04. The first-order valence-electron chi connectivity index (χ1n) is 9.29. The van der Waals surface area contributed by atoms with E-state index in [-0.39, 0.29) is 16.9 Å². The molecule has 0 bridgehead atoms. The Kier molecular flexibility index (Phi) is 5.82. The normalized spacial score (nSPS) is 14.6. The molecule has 0 aromatic carbocycles.